The van der Waals surface area contributed by atoms with Gasteiger partial charge in [-0.2, -0.15) is 0 Å². The molecule has 3 rings (SSSR count). The zero-order valence-corrected chi connectivity index (χ0v) is 11.6. The number of ether oxygens (including phenoxy) is 1. The van der Waals surface area contributed by atoms with Crippen molar-refractivity contribution in [2.75, 3.05) is 13.2 Å². The molecule has 0 spiro atoms. The summed E-state index contributed by atoms with van der Waals surface area (Å²) in [7, 11) is 0. The van der Waals surface area contributed by atoms with Crippen molar-refractivity contribution in [1.29, 1.82) is 0 Å². The van der Waals surface area contributed by atoms with Crippen LogP contribution in [0.5, 0.6) is 11.5 Å². The molecule has 1 aliphatic heterocycles. The lowest BCUT2D eigenvalue weighted by Crippen LogP contribution is -2.28. The number of hydrogen-bond acceptors (Lipinski definition) is 3. The predicted octanol–water partition coefficient (Wildman–Crippen LogP) is 3.35. The molecule has 1 unspecified atom stereocenters. The molecule has 2 aromatic rings. The van der Waals surface area contributed by atoms with Crippen LogP contribution in [0, 0.1) is 0 Å². The standard InChI is InChI=1S/C17H19NO2/c1-13(14-6-4-7-16(19)11-14)18-9-10-20-17-8-3-2-5-15(17)12-18/h2-8,11,13,19H,9-10,12H2,1H3. The first kappa shape index (κ1) is 13.0. The summed E-state index contributed by atoms with van der Waals surface area (Å²) < 4.78 is 5.80. The van der Waals surface area contributed by atoms with Crippen LogP contribution in [0.2, 0.25) is 0 Å². The molecule has 1 N–H and O–H groups in total. The molecule has 0 saturated heterocycles. The van der Waals surface area contributed by atoms with E-state index in [9.17, 15) is 5.11 Å². The molecular weight excluding hydrogens is 250 g/mol. The highest BCUT2D eigenvalue weighted by molar-refractivity contribution is 5.34. The van der Waals surface area contributed by atoms with Gasteiger partial charge < -0.3 is 9.84 Å². The highest BCUT2D eigenvalue weighted by Crippen LogP contribution is 2.29. The first-order chi connectivity index (χ1) is 9.74. The largest absolute Gasteiger partial charge is 0.508 e. The summed E-state index contributed by atoms with van der Waals surface area (Å²) in [6, 6.07) is 15.9. The molecule has 104 valence electrons. The zero-order valence-electron chi connectivity index (χ0n) is 11.6. The van der Waals surface area contributed by atoms with Crippen molar-refractivity contribution in [1.82, 2.24) is 4.90 Å². The summed E-state index contributed by atoms with van der Waals surface area (Å²) >= 11 is 0. The SMILES string of the molecule is CC(c1cccc(O)c1)N1CCOc2ccccc2C1. The van der Waals surface area contributed by atoms with Gasteiger partial charge in [-0.3, -0.25) is 4.90 Å². The third-order valence-electron chi connectivity index (χ3n) is 3.88. The van der Waals surface area contributed by atoms with Crippen molar-refractivity contribution < 1.29 is 9.84 Å². The van der Waals surface area contributed by atoms with Gasteiger partial charge in [-0.15, -0.1) is 0 Å². The number of phenolic OH excluding ortho intramolecular Hbond substituents is 1. The van der Waals surface area contributed by atoms with Gasteiger partial charge in [0.15, 0.2) is 0 Å². The average molecular weight is 269 g/mol. The van der Waals surface area contributed by atoms with Crippen LogP contribution in [-0.2, 0) is 6.54 Å². The molecule has 1 atom stereocenters. The van der Waals surface area contributed by atoms with Crippen molar-refractivity contribution in [3.63, 3.8) is 0 Å². The molecule has 3 nitrogen and oxygen atoms in total. The van der Waals surface area contributed by atoms with Crippen molar-refractivity contribution in [3.05, 3.63) is 59.7 Å². The molecule has 1 aliphatic rings. The van der Waals surface area contributed by atoms with Crippen LogP contribution in [0.3, 0.4) is 0 Å². The van der Waals surface area contributed by atoms with E-state index in [1.165, 1.54) is 5.56 Å². The van der Waals surface area contributed by atoms with E-state index in [1.807, 2.05) is 30.3 Å². The van der Waals surface area contributed by atoms with E-state index in [1.54, 1.807) is 6.07 Å². The number of para-hydroxylation sites is 1. The molecule has 0 fully saturated rings. The van der Waals surface area contributed by atoms with Crippen molar-refractivity contribution >= 4 is 0 Å². The van der Waals surface area contributed by atoms with Gasteiger partial charge in [-0.1, -0.05) is 30.3 Å². The maximum Gasteiger partial charge on any atom is 0.123 e. The van der Waals surface area contributed by atoms with Crippen LogP contribution in [-0.4, -0.2) is 23.2 Å². The van der Waals surface area contributed by atoms with Gasteiger partial charge in [0.25, 0.3) is 0 Å². The van der Waals surface area contributed by atoms with Gasteiger partial charge in [0.05, 0.1) is 0 Å². The second-order valence-corrected chi connectivity index (χ2v) is 5.20. The molecule has 0 radical (unpaired) electrons. The Balaban J connectivity index is 1.84. The molecule has 0 saturated carbocycles. The van der Waals surface area contributed by atoms with Crippen LogP contribution in [0.1, 0.15) is 24.1 Å². The lowest BCUT2D eigenvalue weighted by atomic mass is 10.1. The van der Waals surface area contributed by atoms with Gasteiger partial charge in [-0.25, -0.2) is 0 Å². The summed E-state index contributed by atoms with van der Waals surface area (Å²) in [5, 5.41) is 9.63. The van der Waals surface area contributed by atoms with E-state index in [-0.39, 0.29) is 6.04 Å². The van der Waals surface area contributed by atoms with E-state index in [0.29, 0.717) is 12.4 Å². The Morgan fingerprint density at radius 1 is 1.15 bits per heavy atom. The molecule has 2 aromatic carbocycles. The lowest BCUT2D eigenvalue weighted by Gasteiger charge is -2.27. The van der Waals surface area contributed by atoms with Gasteiger partial charge in [-0.05, 0) is 30.7 Å². The van der Waals surface area contributed by atoms with Gasteiger partial charge in [0, 0.05) is 24.7 Å². The van der Waals surface area contributed by atoms with E-state index in [0.717, 1.165) is 24.4 Å². The number of rotatable bonds is 2. The number of hydrogen-bond donors (Lipinski definition) is 1. The van der Waals surface area contributed by atoms with Crippen LogP contribution in [0.15, 0.2) is 48.5 Å². The Bertz CT molecular complexity index is 597. The highest BCUT2D eigenvalue weighted by Gasteiger charge is 2.20. The number of aromatic hydroxyl groups is 1. The van der Waals surface area contributed by atoms with E-state index < -0.39 is 0 Å². The summed E-state index contributed by atoms with van der Waals surface area (Å²) in [4.78, 5) is 2.38. The van der Waals surface area contributed by atoms with Crippen LogP contribution >= 0.6 is 0 Å². The van der Waals surface area contributed by atoms with Crippen LogP contribution in [0.4, 0.5) is 0 Å². The van der Waals surface area contributed by atoms with Gasteiger partial charge >= 0.3 is 0 Å². The summed E-state index contributed by atoms with van der Waals surface area (Å²) in [6.45, 7) is 4.61. The minimum absolute atomic E-state index is 0.247. The van der Waals surface area contributed by atoms with E-state index in [4.69, 9.17) is 4.74 Å². The molecule has 0 bridgehead atoms. The molecule has 0 aliphatic carbocycles. The Kier molecular flexibility index (Phi) is 3.61. The Morgan fingerprint density at radius 2 is 2.00 bits per heavy atom. The fraction of sp³-hybridized carbons (Fsp3) is 0.294. The van der Waals surface area contributed by atoms with Crippen molar-refractivity contribution in [2.24, 2.45) is 0 Å². The van der Waals surface area contributed by atoms with Crippen molar-refractivity contribution in [2.45, 2.75) is 19.5 Å². The quantitative estimate of drug-likeness (QED) is 0.907. The topological polar surface area (TPSA) is 32.7 Å². The highest BCUT2D eigenvalue weighted by atomic mass is 16.5. The Labute approximate surface area is 119 Å². The van der Waals surface area contributed by atoms with Crippen LogP contribution in [0.25, 0.3) is 0 Å². The fourth-order valence-corrected chi connectivity index (χ4v) is 2.67. The Hall–Kier alpha value is -2.00. The summed E-state index contributed by atoms with van der Waals surface area (Å²) in [5.74, 6) is 1.30. The molecule has 3 heteroatoms. The first-order valence-electron chi connectivity index (χ1n) is 6.98. The molecule has 0 amide bonds. The van der Waals surface area contributed by atoms with Gasteiger partial charge in [0.1, 0.15) is 18.1 Å². The first-order valence-corrected chi connectivity index (χ1v) is 6.98. The van der Waals surface area contributed by atoms with Crippen molar-refractivity contribution in [3.8, 4) is 11.5 Å². The molecule has 20 heavy (non-hydrogen) atoms. The second kappa shape index (κ2) is 5.55. The monoisotopic (exact) mass is 269 g/mol. The molecular formula is C17H19NO2. The number of benzene rings is 2. The molecule has 1 heterocycles. The number of nitrogens with zero attached hydrogens (tertiary/aromatic N) is 1. The Morgan fingerprint density at radius 3 is 2.85 bits per heavy atom. The third kappa shape index (κ3) is 2.63. The second-order valence-electron chi connectivity index (χ2n) is 5.20. The van der Waals surface area contributed by atoms with E-state index in [2.05, 4.69) is 24.0 Å². The minimum atomic E-state index is 0.247. The molecule has 0 aromatic heterocycles. The number of phenols is 1. The fourth-order valence-electron chi connectivity index (χ4n) is 2.67. The third-order valence-corrected chi connectivity index (χ3v) is 3.88. The normalized spacial score (nSPS) is 16.9. The smallest absolute Gasteiger partial charge is 0.123 e. The summed E-state index contributed by atoms with van der Waals surface area (Å²) in [5.41, 5.74) is 2.35. The number of fused-ring (bicyclic) bond motifs is 1. The van der Waals surface area contributed by atoms with Gasteiger partial charge in [0.2, 0.25) is 0 Å². The zero-order chi connectivity index (χ0) is 13.9. The van der Waals surface area contributed by atoms with E-state index >= 15 is 0 Å². The van der Waals surface area contributed by atoms with Crippen LogP contribution < -0.4 is 4.74 Å². The predicted molar refractivity (Wildman–Crippen MR) is 78.9 cm³/mol. The average Bonchev–Trinajstić information content (AvgIpc) is 2.68. The summed E-state index contributed by atoms with van der Waals surface area (Å²) in [6.07, 6.45) is 0. The minimum Gasteiger partial charge on any atom is -0.508 e. The lowest BCUT2D eigenvalue weighted by molar-refractivity contribution is 0.179. The maximum absolute atomic E-state index is 9.63. The maximum atomic E-state index is 9.63.